The van der Waals surface area contributed by atoms with Gasteiger partial charge in [-0.25, -0.2) is 14.4 Å². The molecule has 1 aliphatic carbocycles. The quantitative estimate of drug-likeness (QED) is 0.537. The first-order valence-electron chi connectivity index (χ1n) is 11.4. The van der Waals surface area contributed by atoms with Gasteiger partial charge in [-0.3, -0.25) is 14.6 Å². The van der Waals surface area contributed by atoms with Gasteiger partial charge in [-0.15, -0.1) is 11.8 Å². The van der Waals surface area contributed by atoms with Crippen LogP contribution in [0.2, 0.25) is 0 Å². The van der Waals surface area contributed by atoms with Crippen LogP contribution < -0.4 is 15.4 Å². The van der Waals surface area contributed by atoms with E-state index in [1.54, 1.807) is 18.2 Å². The van der Waals surface area contributed by atoms with Gasteiger partial charge in [0, 0.05) is 37.3 Å². The normalized spacial score (nSPS) is 22.9. The van der Waals surface area contributed by atoms with Crippen molar-refractivity contribution in [1.82, 2.24) is 25.2 Å². The number of nitrogens with one attached hydrogen (secondary N) is 2. The summed E-state index contributed by atoms with van der Waals surface area (Å²) in [6, 6.07) is 7.13. The molecule has 35 heavy (non-hydrogen) atoms. The van der Waals surface area contributed by atoms with Crippen LogP contribution in [0.25, 0.3) is 11.0 Å². The summed E-state index contributed by atoms with van der Waals surface area (Å²) in [4.78, 5) is 40.4. The molecular formula is C24H23FN6O3S. The number of carbonyl (C=O) groups excluding carboxylic acids is 2. The molecule has 180 valence electrons. The number of amides is 2. The van der Waals surface area contributed by atoms with Crippen LogP contribution in [-0.4, -0.2) is 70.2 Å². The lowest BCUT2D eigenvalue weighted by Crippen LogP contribution is -2.36. The van der Waals surface area contributed by atoms with Gasteiger partial charge in [0.25, 0.3) is 5.91 Å². The maximum Gasteiger partial charge on any atom is 0.270 e. The standard InChI is InChI=1S/C24H23FN6O3S/c1-34-20-5-3-16-22(29-20)12(15(25)8-26-16)6-7-31-9-13-14(10-31)21(13)30-24(33)17-2-4-18-23(27-17)28-19(32)11-35-18/h2-5,8,13-14,21H,6-7,9-11H2,1H3,(H,30,33)(H,27,28,32)/t13-,14+,21?. The van der Waals surface area contributed by atoms with Crippen molar-refractivity contribution in [1.29, 1.82) is 0 Å². The number of hydrogen-bond donors (Lipinski definition) is 2. The number of ether oxygens (including phenoxy) is 1. The van der Waals surface area contributed by atoms with Crippen LogP contribution in [0.4, 0.5) is 10.2 Å². The third kappa shape index (κ3) is 4.19. The van der Waals surface area contributed by atoms with E-state index < -0.39 is 0 Å². The highest BCUT2D eigenvalue weighted by molar-refractivity contribution is 8.00. The average molecular weight is 495 g/mol. The van der Waals surface area contributed by atoms with Crippen molar-refractivity contribution < 1.29 is 18.7 Å². The first-order valence-corrected chi connectivity index (χ1v) is 12.4. The number of hydrogen-bond acceptors (Lipinski definition) is 8. The highest BCUT2D eigenvalue weighted by atomic mass is 32.2. The molecule has 1 saturated heterocycles. The molecule has 1 unspecified atom stereocenters. The maximum atomic E-state index is 14.6. The van der Waals surface area contributed by atoms with Gasteiger partial charge in [-0.2, -0.15) is 0 Å². The van der Waals surface area contributed by atoms with Crippen LogP contribution >= 0.6 is 11.8 Å². The number of nitrogens with zero attached hydrogens (tertiary/aromatic N) is 4. The fourth-order valence-corrected chi connectivity index (χ4v) is 5.78. The van der Waals surface area contributed by atoms with Crippen molar-refractivity contribution in [3.63, 3.8) is 0 Å². The van der Waals surface area contributed by atoms with E-state index in [4.69, 9.17) is 4.74 Å². The molecule has 2 aliphatic heterocycles. The van der Waals surface area contributed by atoms with Crippen molar-refractivity contribution in [2.75, 3.05) is 37.8 Å². The predicted octanol–water partition coefficient (Wildman–Crippen LogP) is 2.12. The SMILES string of the molecule is COc1ccc2ncc(F)c(CCN3C[C@@H]4C(NC(=O)c5ccc6c(n5)NC(=O)CS6)[C@@H]4C3)c2n1. The Kier molecular flexibility index (Phi) is 5.53. The summed E-state index contributed by atoms with van der Waals surface area (Å²) in [5.74, 6) is 1.29. The van der Waals surface area contributed by atoms with Gasteiger partial charge >= 0.3 is 0 Å². The minimum absolute atomic E-state index is 0.112. The summed E-state index contributed by atoms with van der Waals surface area (Å²) in [5.41, 5.74) is 2.02. The van der Waals surface area contributed by atoms with Gasteiger partial charge in [0.05, 0.1) is 35.0 Å². The molecule has 11 heteroatoms. The number of anilines is 1. The molecule has 9 nitrogen and oxygen atoms in total. The van der Waals surface area contributed by atoms with Gasteiger partial charge < -0.3 is 20.3 Å². The molecule has 3 atom stereocenters. The molecule has 1 saturated carbocycles. The number of likely N-dealkylation sites (tertiary alicyclic amines) is 1. The third-order valence-electron chi connectivity index (χ3n) is 6.90. The Bertz CT molecular complexity index is 1340. The first-order chi connectivity index (χ1) is 17.0. The topological polar surface area (TPSA) is 109 Å². The van der Waals surface area contributed by atoms with E-state index in [1.807, 2.05) is 6.07 Å². The van der Waals surface area contributed by atoms with E-state index in [0.717, 1.165) is 18.0 Å². The van der Waals surface area contributed by atoms with E-state index >= 15 is 0 Å². The van der Waals surface area contributed by atoms with Crippen molar-refractivity contribution in [3.05, 3.63) is 47.5 Å². The lowest BCUT2D eigenvalue weighted by Gasteiger charge is -2.20. The molecule has 0 aromatic carbocycles. The van der Waals surface area contributed by atoms with Crippen molar-refractivity contribution in [2.24, 2.45) is 11.8 Å². The third-order valence-corrected chi connectivity index (χ3v) is 7.95. The van der Waals surface area contributed by atoms with E-state index in [2.05, 4.69) is 30.5 Å². The molecule has 2 N–H and O–H groups in total. The molecule has 2 fully saturated rings. The monoisotopic (exact) mass is 494 g/mol. The second-order valence-electron chi connectivity index (χ2n) is 9.02. The summed E-state index contributed by atoms with van der Waals surface area (Å²) in [6.07, 6.45) is 1.77. The number of rotatable bonds is 6. The second-order valence-corrected chi connectivity index (χ2v) is 10.0. The molecule has 2 amide bonds. The molecule has 6 rings (SSSR count). The number of fused-ring (bicyclic) bond motifs is 3. The van der Waals surface area contributed by atoms with Crippen molar-refractivity contribution >= 4 is 40.4 Å². The van der Waals surface area contributed by atoms with E-state index in [0.29, 0.717) is 64.5 Å². The zero-order valence-electron chi connectivity index (χ0n) is 19.0. The smallest absolute Gasteiger partial charge is 0.270 e. The van der Waals surface area contributed by atoms with E-state index in [9.17, 15) is 14.0 Å². The van der Waals surface area contributed by atoms with Gasteiger partial charge in [0.2, 0.25) is 11.8 Å². The summed E-state index contributed by atoms with van der Waals surface area (Å²) >= 11 is 1.41. The lowest BCUT2D eigenvalue weighted by molar-refractivity contribution is -0.113. The Morgan fingerprint density at radius 1 is 1.26 bits per heavy atom. The van der Waals surface area contributed by atoms with Crippen LogP contribution in [0.3, 0.4) is 0 Å². The number of carbonyl (C=O) groups is 2. The van der Waals surface area contributed by atoms with Gasteiger partial charge in [0.15, 0.2) is 0 Å². The number of pyridine rings is 3. The average Bonchev–Trinajstić information content (AvgIpc) is 3.30. The Morgan fingerprint density at radius 2 is 2.09 bits per heavy atom. The Balaban J connectivity index is 1.05. The molecule has 0 radical (unpaired) electrons. The Morgan fingerprint density at radius 3 is 2.89 bits per heavy atom. The van der Waals surface area contributed by atoms with Crippen LogP contribution in [0.5, 0.6) is 5.88 Å². The highest BCUT2D eigenvalue weighted by Crippen LogP contribution is 2.45. The number of aromatic nitrogens is 3. The van der Waals surface area contributed by atoms with E-state index in [1.165, 1.54) is 25.1 Å². The zero-order valence-corrected chi connectivity index (χ0v) is 19.8. The van der Waals surface area contributed by atoms with Crippen LogP contribution in [0.15, 0.2) is 35.4 Å². The fourth-order valence-electron chi connectivity index (χ4n) is 5.02. The molecule has 0 bridgehead atoms. The summed E-state index contributed by atoms with van der Waals surface area (Å²) in [7, 11) is 1.53. The number of thioether (sulfide) groups is 1. The van der Waals surface area contributed by atoms with Gasteiger partial charge in [-0.1, -0.05) is 0 Å². The van der Waals surface area contributed by atoms with Crippen LogP contribution in [-0.2, 0) is 11.2 Å². The first kappa shape index (κ1) is 22.2. The summed E-state index contributed by atoms with van der Waals surface area (Å²) in [5, 5.41) is 5.81. The van der Waals surface area contributed by atoms with Crippen molar-refractivity contribution in [3.8, 4) is 5.88 Å². The number of piperidine rings is 1. The van der Waals surface area contributed by atoms with Gasteiger partial charge in [0.1, 0.15) is 17.3 Å². The highest BCUT2D eigenvalue weighted by Gasteiger charge is 2.56. The molecule has 0 spiro atoms. The van der Waals surface area contributed by atoms with Gasteiger partial charge in [-0.05, 0) is 36.5 Å². The second kappa shape index (κ2) is 8.72. The van der Waals surface area contributed by atoms with Crippen LogP contribution in [0.1, 0.15) is 16.1 Å². The molecule has 3 aromatic heterocycles. The fraction of sp³-hybridized carbons (Fsp3) is 0.375. The maximum absolute atomic E-state index is 14.6. The van der Waals surface area contributed by atoms with Crippen LogP contribution in [0, 0.1) is 17.7 Å². The van der Waals surface area contributed by atoms with E-state index in [-0.39, 0.29) is 23.7 Å². The summed E-state index contributed by atoms with van der Waals surface area (Å²) < 4.78 is 19.8. The lowest BCUT2D eigenvalue weighted by atomic mass is 10.1. The Hall–Kier alpha value is -3.31. The predicted molar refractivity (Wildman–Crippen MR) is 128 cm³/mol. The zero-order chi connectivity index (χ0) is 24.1. The van der Waals surface area contributed by atoms with Crippen molar-refractivity contribution in [2.45, 2.75) is 17.4 Å². The largest absolute Gasteiger partial charge is 0.481 e. The molecule has 5 heterocycles. The minimum Gasteiger partial charge on any atom is -0.481 e. The Labute approximate surface area is 204 Å². The number of methoxy groups -OCH3 is 1. The molecule has 3 aromatic rings. The number of halogens is 1. The summed E-state index contributed by atoms with van der Waals surface area (Å²) in [6.45, 7) is 2.40. The molecule has 3 aliphatic rings. The molecular weight excluding hydrogens is 471 g/mol. The minimum atomic E-state index is -0.361.